The number of hydrogen-bond donors (Lipinski definition) is 4. The van der Waals surface area contributed by atoms with Crippen molar-refractivity contribution in [2.45, 2.75) is 37.6 Å². The molecule has 0 aliphatic carbocycles. The first-order valence-corrected chi connectivity index (χ1v) is 6.51. The van der Waals surface area contributed by atoms with Crippen molar-refractivity contribution in [2.24, 2.45) is 0 Å². The van der Waals surface area contributed by atoms with Gasteiger partial charge in [0.15, 0.2) is 12.1 Å². The van der Waals surface area contributed by atoms with E-state index in [1.165, 1.54) is 6.92 Å². The van der Waals surface area contributed by atoms with Gasteiger partial charge in [-0.1, -0.05) is 0 Å². The van der Waals surface area contributed by atoms with Gasteiger partial charge in [-0.3, -0.25) is 4.79 Å². The summed E-state index contributed by atoms with van der Waals surface area (Å²) < 4.78 is 10.4. The third kappa shape index (κ3) is 3.58. The minimum Gasteiger partial charge on any atom is -0.491 e. The predicted octanol–water partition coefficient (Wildman–Crippen LogP) is -0.932. The maximum atomic E-state index is 11.1. The molecule has 1 aliphatic rings. The minimum absolute atomic E-state index is 0.0622. The third-order valence-electron chi connectivity index (χ3n) is 3.36. The molecule has 0 spiro atoms. The number of benzene rings is 1. The van der Waals surface area contributed by atoms with Crippen LogP contribution in [0.5, 0.6) is 5.75 Å². The SMILES string of the molecule is CC(=O)c1ccc(OCC2OC(O)C(O)C(O)C2O)cc1. The highest BCUT2D eigenvalue weighted by molar-refractivity contribution is 5.94. The molecule has 1 aliphatic heterocycles. The predicted molar refractivity (Wildman–Crippen MR) is 70.8 cm³/mol. The Balaban J connectivity index is 1.94. The van der Waals surface area contributed by atoms with Gasteiger partial charge in [-0.05, 0) is 31.2 Å². The summed E-state index contributed by atoms with van der Waals surface area (Å²) in [6, 6.07) is 6.38. The summed E-state index contributed by atoms with van der Waals surface area (Å²) in [5, 5.41) is 38.0. The summed E-state index contributed by atoms with van der Waals surface area (Å²) >= 11 is 0. The molecule has 1 heterocycles. The second kappa shape index (κ2) is 6.50. The van der Waals surface area contributed by atoms with E-state index in [-0.39, 0.29) is 12.4 Å². The van der Waals surface area contributed by atoms with Crippen molar-refractivity contribution in [3.05, 3.63) is 29.8 Å². The average Bonchev–Trinajstić information content (AvgIpc) is 2.48. The highest BCUT2D eigenvalue weighted by Crippen LogP contribution is 2.21. The number of hydrogen-bond acceptors (Lipinski definition) is 7. The second-order valence-electron chi connectivity index (χ2n) is 4.93. The first-order valence-electron chi connectivity index (χ1n) is 6.51. The second-order valence-corrected chi connectivity index (χ2v) is 4.93. The van der Waals surface area contributed by atoms with Gasteiger partial charge in [0.25, 0.3) is 0 Å². The maximum Gasteiger partial charge on any atom is 0.184 e. The Labute approximate surface area is 121 Å². The van der Waals surface area contributed by atoms with Crippen molar-refractivity contribution in [1.82, 2.24) is 0 Å². The minimum atomic E-state index is -1.59. The van der Waals surface area contributed by atoms with E-state index in [4.69, 9.17) is 9.47 Å². The van der Waals surface area contributed by atoms with E-state index in [1.807, 2.05) is 0 Å². The number of aliphatic hydroxyl groups is 4. The van der Waals surface area contributed by atoms with Crippen LogP contribution < -0.4 is 4.74 Å². The molecule has 5 atom stereocenters. The van der Waals surface area contributed by atoms with Gasteiger partial charge in [0.05, 0.1) is 0 Å². The molecule has 2 rings (SSSR count). The molecule has 0 saturated carbocycles. The van der Waals surface area contributed by atoms with Crippen LogP contribution in [0.2, 0.25) is 0 Å². The van der Waals surface area contributed by atoms with Gasteiger partial charge in [0, 0.05) is 5.56 Å². The number of ketones is 1. The fourth-order valence-corrected chi connectivity index (χ4v) is 2.03. The van der Waals surface area contributed by atoms with Crippen LogP contribution in [-0.4, -0.2) is 63.5 Å². The van der Waals surface area contributed by atoms with Crippen molar-refractivity contribution in [1.29, 1.82) is 0 Å². The molecule has 1 aromatic carbocycles. The Hall–Kier alpha value is -1.51. The van der Waals surface area contributed by atoms with Gasteiger partial charge in [0.2, 0.25) is 0 Å². The number of ether oxygens (including phenoxy) is 2. The topological polar surface area (TPSA) is 116 Å². The summed E-state index contributed by atoms with van der Waals surface area (Å²) in [4.78, 5) is 11.1. The lowest BCUT2D eigenvalue weighted by Gasteiger charge is -2.38. The lowest BCUT2D eigenvalue weighted by molar-refractivity contribution is -0.285. The van der Waals surface area contributed by atoms with Gasteiger partial charge in [-0.2, -0.15) is 0 Å². The third-order valence-corrected chi connectivity index (χ3v) is 3.36. The zero-order valence-electron chi connectivity index (χ0n) is 11.4. The van der Waals surface area contributed by atoms with E-state index in [0.717, 1.165) is 0 Å². The Kier molecular flexibility index (Phi) is 4.92. The highest BCUT2D eigenvalue weighted by atomic mass is 16.6. The molecule has 21 heavy (non-hydrogen) atoms. The lowest BCUT2D eigenvalue weighted by atomic mass is 9.99. The zero-order valence-corrected chi connectivity index (χ0v) is 11.4. The molecule has 1 saturated heterocycles. The van der Waals surface area contributed by atoms with Crippen LogP contribution in [0, 0.1) is 0 Å². The van der Waals surface area contributed by atoms with Crippen LogP contribution in [-0.2, 0) is 4.74 Å². The molecular formula is C14H18O7. The molecule has 7 nitrogen and oxygen atoms in total. The molecule has 0 aromatic heterocycles. The first-order chi connectivity index (χ1) is 9.90. The van der Waals surface area contributed by atoms with E-state index in [0.29, 0.717) is 11.3 Å². The molecule has 116 valence electrons. The molecule has 0 amide bonds. The maximum absolute atomic E-state index is 11.1. The number of carbonyl (C=O) groups excluding carboxylic acids is 1. The number of Topliss-reactive ketones (excluding diaryl/α,β-unsaturated/α-hetero) is 1. The van der Waals surface area contributed by atoms with Crippen molar-refractivity contribution in [3.8, 4) is 5.75 Å². The monoisotopic (exact) mass is 298 g/mol. The molecular weight excluding hydrogens is 280 g/mol. The largest absolute Gasteiger partial charge is 0.491 e. The van der Waals surface area contributed by atoms with Gasteiger partial charge in [-0.15, -0.1) is 0 Å². The number of rotatable bonds is 4. The van der Waals surface area contributed by atoms with Crippen molar-refractivity contribution >= 4 is 5.78 Å². The van der Waals surface area contributed by atoms with Crippen LogP contribution in [0.15, 0.2) is 24.3 Å². The first kappa shape index (κ1) is 15.9. The average molecular weight is 298 g/mol. The van der Waals surface area contributed by atoms with E-state index in [2.05, 4.69) is 0 Å². The molecule has 4 N–H and O–H groups in total. The summed E-state index contributed by atoms with van der Waals surface area (Å²) in [5.74, 6) is 0.388. The van der Waals surface area contributed by atoms with Crippen LogP contribution in [0.1, 0.15) is 17.3 Å². The fourth-order valence-electron chi connectivity index (χ4n) is 2.03. The van der Waals surface area contributed by atoms with Crippen LogP contribution >= 0.6 is 0 Å². The van der Waals surface area contributed by atoms with Gasteiger partial charge < -0.3 is 29.9 Å². The standard InChI is InChI=1S/C14H18O7/c1-7(15)8-2-4-9(5-3-8)20-6-10-11(16)12(17)13(18)14(19)21-10/h2-5,10-14,16-19H,6H2,1H3. The fraction of sp³-hybridized carbons (Fsp3) is 0.500. The molecule has 7 heteroatoms. The van der Waals surface area contributed by atoms with E-state index >= 15 is 0 Å². The Morgan fingerprint density at radius 1 is 1.10 bits per heavy atom. The number of carbonyl (C=O) groups is 1. The van der Waals surface area contributed by atoms with E-state index in [1.54, 1.807) is 24.3 Å². The zero-order chi connectivity index (χ0) is 15.6. The summed E-state index contributed by atoms with van der Waals surface area (Å²) in [7, 11) is 0. The van der Waals surface area contributed by atoms with Crippen molar-refractivity contribution in [2.75, 3.05) is 6.61 Å². The van der Waals surface area contributed by atoms with E-state index < -0.39 is 30.7 Å². The van der Waals surface area contributed by atoms with Gasteiger partial charge >= 0.3 is 0 Å². The lowest BCUT2D eigenvalue weighted by Crippen LogP contribution is -2.58. The Morgan fingerprint density at radius 3 is 2.29 bits per heavy atom. The number of aliphatic hydroxyl groups excluding tert-OH is 4. The van der Waals surface area contributed by atoms with E-state index in [9.17, 15) is 25.2 Å². The summed E-state index contributed by atoms with van der Waals surface area (Å²) in [6.45, 7) is 1.33. The van der Waals surface area contributed by atoms with Crippen LogP contribution in [0.4, 0.5) is 0 Å². The Morgan fingerprint density at radius 2 is 1.71 bits per heavy atom. The highest BCUT2D eigenvalue weighted by Gasteiger charge is 2.43. The quantitative estimate of drug-likeness (QED) is 0.530. The summed E-state index contributed by atoms with van der Waals surface area (Å²) in [5.41, 5.74) is 0.547. The molecule has 0 bridgehead atoms. The normalized spacial score (nSPS) is 32.7. The van der Waals surface area contributed by atoms with Gasteiger partial charge in [-0.25, -0.2) is 0 Å². The molecule has 1 aromatic rings. The Bertz CT molecular complexity index is 487. The summed E-state index contributed by atoms with van der Waals surface area (Å²) in [6.07, 6.45) is -7.02. The smallest absolute Gasteiger partial charge is 0.184 e. The van der Waals surface area contributed by atoms with Gasteiger partial charge in [0.1, 0.15) is 36.8 Å². The molecule has 0 radical (unpaired) electrons. The molecule has 5 unspecified atom stereocenters. The van der Waals surface area contributed by atoms with Crippen molar-refractivity contribution < 1.29 is 34.7 Å². The molecule has 1 fully saturated rings. The van der Waals surface area contributed by atoms with Crippen LogP contribution in [0.25, 0.3) is 0 Å². The van der Waals surface area contributed by atoms with Crippen LogP contribution in [0.3, 0.4) is 0 Å². The van der Waals surface area contributed by atoms with Crippen molar-refractivity contribution in [3.63, 3.8) is 0 Å².